The zero-order valence-electron chi connectivity index (χ0n) is 18.1. The Kier molecular flexibility index (Phi) is 7.83. The van der Waals surface area contributed by atoms with Crippen LogP contribution >= 0.6 is 11.8 Å². The molecular formula is C23H23N3O6S. The fourth-order valence-corrected chi connectivity index (χ4v) is 4.31. The summed E-state index contributed by atoms with van der Waals surface area (Å²) in [5.41, 5.74) is 1.54. The number of nitrogens with zero attached hydrogens (tertiary/aromatic N) is 2. The average Bonchev–Trinajstić information content (AvgIpc) is 3.08. The van der Waals surface area contributed by atoms with Crippen LogP contribution in [-0.4, -0.2) is 57.3 Å². The highest BCUT2D eigenvalue weighted by atomic mass is 32.2. The lowest BCUT2D eigenvalue weighted by Crippen LogP contribution is -2.33. The van der Waals surface area contributed by atoms with E-state index in [1.165, 1.54) is 40.9 Å². The first-order valence-corrected chi connectivity index (χ1v) is 11.2. The van der Waals surface area contributed by atoms with Crippen LogP contribution in [0.5, 0.6) is 0 Å². The van der Waals surface area contributed by atoms with E-state index >= 15 is 0 Å². The lowest BCUT2D eigenvalue weighted by Gasteiger charge is -2.13. The van der Waals surface area contributed by atoms with Crippen molar-refractivity contribution in [3.05, 3.63) is 59.7 Å². The zero-order chi connectivity index (χ0) is 24.0. The molecule has 3 rings (SSSR count). The van der Waals surface area contributed by atoms with E-state index in [-0.39, 0.29) is 30.4 Å². The molecule has 0 unspecified atom stereocenters. The lowest BCUT2D eigenvalue weighted by atomic mass is 10.2. The highest BCUT2D eigenvalue weighted by molar-refractivity contribution is 8.15. The van der Waals surface area contributed by atoms with Gasteiger partial charge in [0.15, 0.2) is 5.17 Å². The number of nitrogens with one attached hydrogen (secondary N) is 1. The second-order valence-corrected chi connectivity index (χ2v) is 8.16. The van der Waals surface area contributed by atoms with Crippen molar-refractivity contribution >= 4 is 52.1 Å². The van der Waals surface area contributed by atoms with Crippen LogP contribution in [-0.2, 0) is 14.3 Å². The van der Waals surface area contributed by atoms with Crippen molar-refractivity contribution < 1.29 is 29.0 Å². The number of esters is 1. The first-order chi connectivity index (χ1) is 15.8. The number of carboxylic acid groups (broad SMARTS) is 1. The van der Waals surface area contributed by atoms with Crippen LogP contribution in [0.2, 0.25) is 0 Å². The molecule has 0 saturated carbocycles. The first-order valence-electron chi connectivity index (χ1n) is 10.3. The van der Waals surface area contributed by atoms with Gasteiger partial charge < -0.3 is 15.2 Å². The molecule has 172 valence electrons. The monoisotopic (exact) mass is 469 g/mol. The summed E-state index contributed by atoms with van der Waals surface area (Å²) in [5, 5.41) is 11.5. The number of rotatable bonds is 8. The normalized spacial score (nSPS) is 16.7. The number of thioether (sulfide) groups is 1. The molecule has 0 spiro atoms. The second kappa shape index (κ2) is 10.8. The topological polar surface area (TPSA) is 125 Å². The highest BCUT2D eigenvalue weighted by Gasteiger charge is 2.38. The summed E-state index contributed by atoms with van der Waals surface area (Å²) in [4.78, 5) is 54.0. The summed E-state index contributed by atoms with van der Waals surface area (Å²) in [7, 11) is 0. The number of carbonyl (C=O) groups excluding carboxylic acids is 3. The maximum Gasteiger partial charge on any atom is 0.338 e. The standard InChI is InChI=1S/C23H23N3O6S/c1-3-26-20(28)18(13-19(27)24-16-9-5-14(6-10-16)21(29)30)33-23(26)25-17-11-7-15(8-12-17)22(31)32-4-2/h5-12,18H,3-4,13H2,1-2H3,(H,24,27)(H,29,30)/t18-/m0/s1. The number of aliphatic imine (C=N–C) groups is 1. The molecule has 10 heteroatoms. The van der Waals surface area contributed by atoms with Crippen LogP contribution in [0.25, 0.3) is 0 Å². The summed E-state index contributed by atoms with van der Waals surface area (Å²) < 4.78 is 4.96. The molecule has 1 aliphatic rings. The number of aromatic carboxylic acids is 1. The smallest absolute Gasteiger partial charge is 0.338 e. The van der Waals surface area contributed by atoms with E-state index in [2.05, 4.69) is 10.3 Å². The Bertz CT molecular complexity index is 1080. The van der Waals surface area contributed by atoms with Gasteiger partial charge in [-0.1, -0.05) is 11.8 Å². The molecular weight excluding hydrogens is 446 g/mol. The van der Waals surface area contributed by atoms with Crippen LogP contribution in [0.3, 0.4) is 0 Å². The fraction of sp³-hybridized carbons (Fsp3) is 0.261. The van der Waals surface area contributed by atoms with E-state index < -0.39 is 17.2 Å². The van der Waals surface area contributed by atoms with E-state index in [1.807, 2.05) is 6.92 Å². The highest BCUT2D eigenvalue weighted by Crippen LogP contribution is 2.31. The molecule has 2 amide bonds. The Morgan fingerprint density at radius 1 is 1.06 bits per heavy atom. The van der Waals surface area contributed by atoms with Crippen molar-refractivity contribution in [2.75, 3.05) is 18.5 Å². The van der Waals surface area contributed by atoms with Gasteiger partial charge in [-0.2, -0.15) is 0 Å². The number of amides is 2. The van der Waals surface area contributed by atoms with Crippen LogP contribution in [0.1, 0.15) is 41.0 Å². The molecule has 1 saturated heterocycles. The van der Waals surface area contributed by atoms with Gasteiger partial charge in [0.2, 0.25) is 11.8 Å². The fourth-order valence-electron chi connectivity index (χ4n) is 3.09. The van der Waals surface area contributed by atoms with Gasteiger partial charge >= 0.3 is 11.9 Å². The molecule has 1 aliphatic heterocycles. The summed E-state index contributed by atoms with van der Waals surface area (Å²) >= 11 is 1.21. The third-order valence-electron chi connectivity index (χ3n) is 4.73. The number of carbonyl (C=O) groups is 4. The molecule has 0 aliphatic carbocycles. The summed E-state index contributed by atoms with van der Waals surface area (Å²) in [5.74, 6) is -2.04. The molecule has 2 aromatic rings. The van der Waals surface area contributed by atoms with Gasteiger partial charge in [-0.05, 0) is 62.4 Å². The van der Waals surface area contributed by atoms with Gasteiger partial charge in [0.25, 0.3) is 0 Å². The molecule has 1 heterocycles. The van der Waals surface area contributed by atoms with E-state index in [1.54, 1.807) is 31.2 Å². The summed E-state index contributed by atoms with van der Waals surface area (Å²) in [6, 6.07) is 12.3. The van der Waals surface area contributed by atoms with E-state index in [4.69, 9.17) is 9.84 Å². The third kappa shape index (κ3) is 5.98. The van der Waals surface area contributed by atoms with Crippen molar-refractivity contribution in [3.63, 3.8) is 0 Å². The maximum atomic E-state index is 12.8. The van der Waals surface area contributed by atoms with Crippen molar-refractivity contribution in [1.29, 1.82) is 0 Å². The maximum absolute atomic E-state index is 12.8. The van der Waals surface area contributed by atoms with Crippen molar-refractivity contribution in [1.82, 2.24) is 4.90 Å². The Balaban J connectivity index is 1.66. The quantitative estimate of drug-likeness (QED) is 0.567. The largest absolute Gasteiger partial charge is 0.478 e. The molecule has 33 heavy (non-hydrogen) atoms. The number of anilines is 1. The van der Waals surface area contributed by atoms with Crippen molar-refractivity contribution in [3.8, 4) is 0 Å². The van der Waals surface area contributed by atoms with Crippen molar-refractivity contribution in [2.45, 2.75) is 25.5 Å². The number of amidine groups is 1. The number of hydrogen-bond acceptors (Lipinski definition) is 7. The molecule has 0 radical (unpaired) electrons. The van der Waals surface area contributed by atoms with E-state index in [0.717, 1.165) is 0 Å². The third-order valence-corrected chi connectivity index (χ3v) is 5.90. The number of ether oxygens (including phenoxy) is 1. The van der Waals surface area contributed by atoms with E-state index in [9.17, 15) is 19.2 Å². The molecule has 1 fully saturated rings. The summed E-state index contributed by atoms with van der Waals surface area (Å²) in [6.45, 7) is 4.25. The minimum absolute atomic E-state index is 0.0541. The number of carboxylic acids is 1. The lowest BCUT2D eigenvalue weighted by molar-refractivity contribution is -0.128. The van der Waals surface area contributed by atoms with Crippen LogP contribution < -0.4 is 5.32 Å². The number of hydrogen-bond donors (Lipinski definition) is 2. The predicted octanol–water partition coefficient (Wildman–Crippen LogP) is 3.54. The Morgan fingerprint density at radius 3 is 2.27 bits per heavy atom. The van der Waals surface area contributed by atoms with E-state index in [0.29, 0.717) is 28.7 Å². The molecule has 2 N–H and O–H groups in total. The van der Waals surface area contributed by atoms with Gasteiger partial charge in [0.1, 0.15) is 5.25 Å². The minimum Gasteiger partial charge on any atom is -0.478 e. The van der Waals surface area contributed by atoms with Crippen LogP contribution in [0.15, 0.2) is 53.5 Å². The van der Waals surface area contributed by atoms with Gasteiger partial charge in [-0.15, -0.1) is 0 Å². The van der Waals surface area contributed by atoms with Gasteiger partial charge in [0, 0.05) is 18.7 Å². The average molecular weight is 470 g/mol. The van der Waals surface area contributed by atoms with Gasteiger partial charge in [-0.3, -0.25) is 14.5 Å². The molecule has 1 atom stereocenters. The van der Waals surface area contributed by atoms with Crippen molar-refractivity contribution in [2.24, 2.45) is 4.99 Å². The predicted molar refractivity (Wildman–Crippen MR) is 125 cm³/mol. The minimum atomic E-state index is -1.05. The zero-order valence-corrected chi connectivity index (χ0v) is 18.9. The SMILES string of the molecule is CCOC(=O)c1ccc(N=C2S[C@@H](CC(=O)Nc3ccc(C(=O)O)cc3)C(=O)N2CC)cc1. The molecule has 0 aromatic heterocycles. The van der Waals surface area contributed by atoms with Crippen LogP contribution in [0, 0.1) is 0 Å². The summed E-state index contributed by atoms with van der Waals surface area (Å²) in [6.07, 6.45) is -0.0541. The van der Waals surface area contributed by atoms with Crippen LogP contribution in [0.4, 0.5) is 11.4 Å². The van der Waals surface area contributed by atoms with Gasteiger partial charge in [-0.25, -0.2) is 14.6 Å². The molecule has 0 bridgehead atoms. The number of benzene rings is 2. The Hall–Kier alpha value is -3.66. The Labute approximate surface area is 194 Å². The Morgan fingerprint density at radius 2 is 1.70 bits per heavy atom. The second-order valence-electron chi connectivity index (χ2n) is 6.99. The first kappa shape index (κ1) is 24.0. The van der Waals surface area contributed by atoms with Gasteiger partial charge in [0.05, 0.1) is 23.4 Å². The molecule has 9 nitrogen and oxygen atoms in total. The molecule has 2 aromatic carbocycles.